The highest BCUT2D eigenvalue weighted by Gasteiger charge is 2.23. The maximum Gasteiger partial charge on any atom is 0.279 e. The van der Waals surface area contributed by atoms with Gasteiger partial charge in [-0.15, -0.1) is 0 Å². The number of nitrogens with one attached hydrogen (secondary N) is 2. The van der Waals surface area contributed by atoms with Gasteiger partial charge >= 0.3 is 0 Å². The number of hydrogen-bond acceptors (Lipinski definition) is 4. The van der Waals surface area contributed by atoms with Crippen LogP contribution in [-0.4, -0.2) is 43.7 Å². The summed E-state index contributed by atoms with van der Waals surface area (Å²) in [5.74, 6) is 0.197. The number of hydrogen-bond donors (Lipinski definition) is 3. The van der Waals surface area contributed by atoms with Crippen molar-refractivity contribution in [2.45, 2.75) is 0 Å². The Hall–Kier alpha value is -2.75. The number of quaternary nitrogens is 1. The summed E-state index contributed by atoms with van der Waals surface area (Å²) in [6.45, 7) is 3.56. The molecule has 1 amide bonds. The molecule has 0 aliphatic carbocycles. The molecule has 7 heteroatoms. The molecule has 1 aliphatic heterocycles. The maximum absolute atomic E-state index is 12.3. The molecule has 0 bridgehead atoms. The molecule has 0 spiro atoms. The predicted octanol–water partition coefficient (Wildman–Crippen LogP) is 1.26. The van der Waals surface area contributed by atoms with E-state index in [1.165, 1.54) is 4.90 Å². The number of aromatic hydroxyl groups is 1. The third-order valence-corrected chi connectivity index (χ3v) is 4.79. The van der Waals surface area contributed by atoms with Gasteiger partial charge in [-0.2, -0.15) is 5.26 Å². The molecule has 6 nitrogen and oxygen atoms in total. The Morgan fingerprint density at radius 2 is 2.00 bits per heavy atom. The Morgan fingerprint density at radius 1 is 1.27 bits per heavy atom. The minimum atomic E-state index is -0.0863. The van der Waals surface area contributed by atoms with Gasteiger partial charge in [0.25, 0.3) is 5.91 Å². The second-order valence-corrected chi connectivity index (χ2v) is 6.66. The number of benzene rings is 2. The van der Waals surface area contributed by atoms with Crippen molar-refractivity contribution < 1.29 is 14.8 Å². The van der Waals surface area contributed by atoms with Crippen LogP contribution in [0.5, 0.6) is 5.75 Å². The van der Waals surface area contributed by atoms with Gasteiger partial charge in [0.15, 0.2) is 6.54 Å². The molecule has 134 valence electrons. The van der Waals surface area contributed by atoms with Crippen molar-refractivity contribution in [1.82, 2.24) is 0 Å². The smallest absolute Gasteiger partial charge is 0.279 e. The van der Waals surface area contributed by atoms with Crippen LogP contribution in [0.4, 0.5) is 11.4 Å². The molecule has 0 saturated carbocycles. The Balaban J connectivity index is 1.51. The van der Waals surface area contributed by atoms with Crippen LogP contribution in [-0.2, 0) is 4.79 Å². The van der Waals surface area contributed by atoms with E-state index in [0.29, 0.717) is 22.8 Å². The highest BCUT2D eigenvalue weighted by atomic mass is 35.5. The van der Waals surface area contributed by atoms with E-state index in [0.717, 1.165) is 31.9 Å². The van der Waals surface area contributed by atoms with Gasteiger partial charge in [0.05, 0.1) is 42.5 Å². The standard InChI is InChI=1S/C19H19ClN4O2/c20-16-11-15(6-5-14(16)12-21)22-19(26)13-23-7-9-24(10-8-23)17-3-1-2-4-18(17)25/h1-6,11,25H,7-10,13H2,(H,22,26)/p+1. The average molecular weight is 372 g/mol. The van der Waals surface area contributed by atoms with Crippen molar-refractivity contribution in [3.63, 3.8) is 0 Å². The van der Waals surface area contributed by atoms with Crippen molar-refractivity contribution >= 4 is 28.9 Å². The van der Waals surface area contributed by atoms with Crippen LogP contribution < -0.4 is 15.1 Å². The SMILES string of the molecule is N#Cc1ccc(NC(=O)C[NH+]2CCN(c3ccccc3O)CC2)cc1Cl. The molecule has 1 heterocycles. The summed E-state index contributed by atoms with van der Waals surface area (Å²) in [7, 11) is 0. The number of piperazine rings is 1. The second kappa shape index (κ2) is 8.09. The van der Waals surface area contributed by atoms with E-state index in [4.69, 9.17) is 16.9 Å². The fraction of sp³-hybridized carbons (Fsp3) is 0.263. The average Bonchev–Trinajstić information content (AvgIpc) is 2.63. The van der Waals surface area contributed by atoms with Gasteiger partial charge in [0.2, 0.25) is 0 Å². The zero-order valence-electron chi connectivity index (χ0n) is 14.2. The molecule has 26 heavy (non-hydrogen) atoms. The lowest BCUT2D eigenvalue weighted by atomic mass is 10.2. The number of anilines is 2. The largest absolute Gasteiger partial charge is 0.506 e. The summed E-state index contributed by atoms with van der Waals surface area (Å²) < 4.78 is 0. The highest BCUT2D eigenvalue weighted by Crippen LogP contribution is 2.26. The number of carbonyl (C=O) groups is 1. The topological polar surface area (TPSA) is 80.8 Å². The van der Waals surface area contributed by atoms with Crippen LogP contribution in [0.25, 0.3) is 0 Å². The van der Waals surface area contributed by atoms with Crippen LogP contribution in [0.1, 0.15) is 5.56 Å². The number of halogens is 1. The van der Waals surface area contributed by atoms with Gasteiger partial charge in [-0.25, -0.2) is 0 Å². The number of rotatable bonds is 4. The molecule has 1 saturated heterocycles. The second-order valence-electron chi connectivity index (χ2n) is 6.26. The Kier molecular flexibility index (Phi) is 5.61. The first-order chi connectivity index (χ1) is 12.6. The van der Waals surface area contributed by atoms with E-state index in [-0.39, 0.29) is 11.7 Å². The monoisotopic (exact) mass is 371 g/mol. The summed E-state index contributed by atoms with van der Waals surface area (Å²) >= 11 is 5.99. The van der Waals surface area contributed by atoms with Crippen LogP contribution in [0.15, 0.2) is 42.5 Å². The minimum Gasteiger partial charge on any atom is -0.506 e. The maximum atomic E-state index is 12.3. The summed E-state index contributed by atoms with van der Waals surface area (Å²) in [4.78, 5) is 15.6. The molecule has 2 aromatic carbocycles. The number of carbonyl (C=O) groups excluding carboxylic acids is 1. The normalized spacial score (nSPS) is 14.7. The molecular formula is C19H20ClN4O2+. The first-order valence-corrected chi connectivity index (χ1v) is 8.80. The zero-order valence-corrected chi connectivity index (χ0v) is 15.0. The molecule has 0 atom stereocenters. The lowest BCUT2D eigenvalue weighted by Crippen LogP contribution is -3.15. The van der Waals surface area contributed by atoms with Gasteiger partial charge in [-0.3, -0.25) is 4.79 Å². The molecule has 0 aromatic heterocycles. The van der Waals surface area contributed by atoms with Crippen molar-refractivity contribution in [2.24, 2.45) is 0 Å². The van der Waals surface area contributed by atoms with Crippen molar-refractivity contribution in [3.8, 4) is 11.8 Å². The van der Waals surface area contributed by atoms with Crippen molar-refractivity contribution in [3.05, 3.63) is 53.1 Å². The van der Waals surface area contributed by atoms with E-state index in [2.05, 4.69) is 10.2 Å². The van der Waals surface area contributed by atoms with E-state index >= 15 is 0 Å². The zero-order chi connectivity index (χ0) is 18.5. The van der Waals surface area contributed by atoms with E-state index in [1.54, 1.807) is 30.3 Å². The molecule has 2 aromatic rings. The van der Waals surface area contributed by atoms with Gasteiger partial charge in [-0.05, 0) is 30.3 Å². The minimum absolute atomic E-state index is 0.0863. The lowest BCUT2D eigenvalue weighted by Gasteiger charge is -2.33. The molecule has 1 fully saturated rings. The Morgan fingerprint density at radius 3 is 2.65 bits per heavy atom. The van der Waals surface area contributed by atoms with Gasteiger partial charge in [0.1, 0.15) is 11.8 Å². The molecule has 0 radical (unpaired) electrons. The summed E-state index contributed by atoms with van der Waals surface area (Å²) in [5, 5.41) is 22.0. The number of para-hydroxylation sites is 2. The van der Waals surface area contributed by atoms with Gasteiger partial charge in [-0.1, -0.05) is 23.7 Å². The van der Waals surface area contributed by atoms with E-state index in [1.807, 2.05) is 18.2 Å². The summed E-state index contributed by atoms with van der Waals surface area (Å²) in [6, 6.07) is 14.1. The number of nitrogens with zero attached hydrogens (tertiary/aromatic N) is 2. The molecule has 1 aliphatic rings. The van der Waals surface area contributed by atoms with Crippen LogP contribution >= 0.6 is 11.6 Å². The van der Waals surface area contributed by atoms with E-state index in [9.17, 15) is 9.90 Å². The number of amides is 1. The molecular weight excluding hydrogens is 352 g/mol. The predicted molar refractivity (Wildman–Crippen MR) is 101 cm³/mol. The van der Waals surface area contributed by atoms with Crippen molar-refractivity contribution in [2.75, 3.05) is 42.9 Å². The number of phenolic OH excluding ortho intramolecular Hbond substituents is 1. The fourth-order valence-electron chi connectivity index (χ4n) is 3.09. The molecule has 0 unspecified atom stereocenters. The molecule has 3 rings (SSSR count). The summed E-state index contributed by atoms with van der Waals surface area (Å²) in [5.41, 5.74) is 1.81. The number of phenols is 1. The quantitative estimate of drug-likeness (QED) is 0.756. The third kappa shape index (κ3) is 4.26. The lowest BCUT2D eigenvalue weighted by molar-refractivity contribution is -0.892. The first kappa shape index (κ1) is 18.1. The van der Waals surface area contributed by atoms with Gasteiger partial charge < -0.3 is 20.2 Å². The number of nitriles is 1. The van der Waals surface area contributed by atoms with Crippen molar-refractivity contribution in [1.29, 1.82) is 5.26 Å². The van der Waals surface area contributed by atoms with Crippen LogP contribution in [0, 0.1) is 11.3 Å². The molecule has 3 N–H and O–H groups in total. The van der Waals surface area contributed by atoms with Crippen LogP contribution in [0.3, 0.4) is 0 Å². The summed E-state index contributed by atoms with van der Waals surface area (Å²) in [6.07, 6.45) is 0. The Labute approximate surface area is 157 Å². The first-order valence-electron chi connectivity index (χ1n) is 8.43. The fourth-order valence-corrected chi connectivity index (χ4v) is 3.31. The van der Waals surface area contributed by atoms with Gasteiger partial charge in [0, 0.05) is 5.69 Å². The third-order valence-electron chi connectivity index (χ3n) is 4.48. The highest BCUT2D eigenvalue weighted by molar-refractivity contribution is 6.32. The van der Waals surface area contributed by atoms with E-state index < -0.39 is 0 Å². The Bertz CT molecular complexity index is 842. The van der Waals surface area contributed by atoms with Crippen LogP contribution in [0.2, 0.25) is 5.02 Å².